The van der Waals surface area contributed by atoms with Gasteiger partial charge in [-0.2, -0.15) is 0 Å². The maximum absolute atomic E-state index is 12.9. The maximum atomic E-state index is 12.9. The monoisotopic (exact) mass is 390 g/mol. The molecule has 0 aliphatic rings. The fraction of sp³-hybridized carbons (Fsp3) is 0.360. The Morgan fingerprint density at radius 1 is 0.897 bits per heavy atom. The molecule has 1 aromatic carbocycles. The number of nitrogens with zero attached hydrogens (tertiary/aromatic N) is 2. The zero-order valence-electron chi connectivity index (χ0n) is 17.2. The van der Waals surface area contributed by atoms with Crippen molar-refractivity contribution in [3.63, 3.8) is 0 Å². The molecule has 0 fully saturated rings. The maximum Gasteiger partial charge on any atom is 0.260 e. The van der Waals surface area contributed by atoms with Gasteiger partial charge in [-0.1, -0.05) is 75.4 Å². The highest BCUT2D eigenvalue weighted by atomic mass is 16.5. The Balaban J connectivity index is 1.77. The van der Waals surface area contributed by atoms with E-state index in [0.717, 1.165) is 24.1 Å². The summed E-state index contributed by atoms with van der Waals surface area (Å²) >= 11 is 0. The van der Waals surface area contributed by atoms with Gasteiger partial charge in [-0.05, 0) is 30.5 Å². The van der Waals surface area contributed by atoms with E-state index in [2.05, 4.69) is 11.9 Å². The lowest BCUT2D eigenvalue weighted by atomic mass is 10.1. The Morgan fingerprint density at radius 3 is 2.41 bits per heavy atom. The van der Waals surface area contributed by atoms with Gasteiger partial charge in [0.25, 0.3) is 5.56 Å². The number of pyridine rings is 2. The Hall–Kier alpha value is -2.88. The van der Waals surface area contributed by atoms with Crippen LogP contribution in [0.3, 0.4) is 0 Å². The lowest BCUT2D eigenvalue weighted by Crippen LogP contribution is -2.22. The molecule has 2 heterocycles. The molecule has 0 unspecified atom stereocenters. The van der Waals surface area contributed by atoms with Crippen LogP contribution in [0.15, 0.2) is 71.7 Å². The highest BCUT2D eigenvalue weighted by Crippen LogP contribution is 2.18. The van der Waals surface area contributed by atoms with Crippen molar-refractivity contribution in [2.75, 3.05) is 0 Å². The average Bonchev–Trinajstić information content (AvgIpc) is 2.76. The van der Waals surface area contributed by atoms with E-state index in [1.54, 1.807) is 16.8 Å². The second-order valence-corrected chi connectivity index (χ2v) is 7.34. The molecule has 0 amide bonds. The fourth-order valence-electron chi connectivity index (χ4n) is 3.44. The van der Waals surface area contributed by atoms with Gasteiger partial charge in [-0.15, -0.1) is 0 Å². The van der Waals surface area contributed by atoms with Crippen LogP contribution in [-0.4, -0.2) is 9.55 Å². The first-order valence-electron chi connectivity index (χ1n) is 10.6. The Kier molecular flexibility index (Phi) is 8.05. The fourth-order valence-corrected chi connectivity index (χ4v) is 3.44. The molecule has 29 heavy (non-hydrogen) atoms. The Bertz CT molecular complexity index is 921. The molecule has 0 bridgehead atoms. The van der Waals surface area contributed by atoms with E-state index in [1.807, 2.05) is 54.6 Å². The van der Waals surface area contributed by atoms with Crippen molar-refractivity contribution in [1.82, 2.24) is 9.55 Å². The normalized spacial score (nSPS) is 10.8. The minimum absolute atomic E-state index is 0.102. The van der Waals surface area contributed by atoms with E-state index >= 15 is 0 Å². The molecule has 152 valence electrons. The number of ether oxygens (including phenoxy) is 1. The molecular formula is C25H30N2O2. The standard InChI is InChI=1S/C25H30N2O2/c1-2-3-4-5-6-10-15-22-18-23(29-20-21-13-8-7-9-14-21)19-25(28)27(22)24-16-11-12-17-26-24/h7-9,11-14,16-19H,2-6,10,15,20H2,1H3. The molecule has 0 saturated carbocycles. The molecule has 0 aliphatic heterocycles. The predicted molar refractivity (Wildman–Crippen MR) is 118 cm³/mol. The van der Waals surface area contributed by atoms with Crippen molar-refractivity contribution in [2.24, 2.45) is 0 Å². The lowest BCUT2D eigenvalue weighted by Gasteiger charge is -2.14. The summed E-state index contributed by atoms with van der Waals surface area (Å²) in [5, 5.41) is 0. The van der Waals surface area contributed by atoms with Gasteiger partial charge in [0.05, 0.1) is 0 Å². The first-order chi connectivity index (χ1) is 14.3. The average molecular weight is 391 g/mol. The summed E-state index contributed by atoms with van der Waals surface area (Å²) in [6.45, 7) is 2.68. The van der Waals surface area contributed by atoms with Gasteiger partial charge in [0.15, 0.2) is 0 Å². The van der Waals surface area contributed by atoms with Gasteiger partial charge in [0.2, 0.25) is 0 Å². The van der Waals surface area contributed by atoms with Crippen LogP contribution in [0.5, 0.6) is 5.75 Å². The van der Waals surface area contributed by atoms with Gasteiger partial charge in [-0.25, -0.2) is 4.98 Å². The smallest absolute Gasteiger partial charge is 0.260 e. The van der Waals surface area contributed by atoms with Gasteiger partial charge >= 0.3 is 0 Å². The van der Waals surface area contributed by atoms with Crippen LogP contribution >= 0.6 is 0 Å². The molecule has 0 aliphatic carbocycles. The van der Waals surface area contributed by atoms with Crippen molar-refractivity contribution >= 4 is 0 Å². The summed E-state index contributed by atoms with van der Waals surface area (Å²) in [5.41, 5.74) is 1.93. The van der Waals surface area contributed by atoms with Crippen LogP contribution in [0.25, 0.3) is 5.82 Å². The predicted octanol–water partition coefficient (Wildman–Crippen LogP) is 5.71. The first kappa shape index (κ1) is 20.8. The number of aryl methyl sites for hydroxylation is 1. The van der Waals surface area contributed by atoms with E-state index < -0.39 is 0 Å². The van der Waals surface area contributed by atoms with E-state index in [9.17, 15) is 4.79 Å². The number of hydrogen-bond donors (Lipinski definition) is 0. The summed E-state index contributed by atoms with van der Waals surface area (Å²) in [4.78, 5) is 17.3. The first-order valence-corrected chi connectivity index (χ1v) is 10.6. The number of aromatic nitrogens is 2. The van der Waals surface area contributed by atoms with E-state index in [4.69, 9.17) is 4.74 Å². The molecule has 2 aromatic heterocycles. The van der Waals surface area contributed by atoms with Crippen LogP contribution < -0.4 is 10.3 Å². The molecule has 0 radical (unpaired) electrons. The number of benzene rings is 1. The van der Waals surface area contributed by atoms with Gasteiger partial charge in [0, 0.05) is 24.0 Å². The highest BCUT2D eigenvalue weighted by Gasteiger charge is 2.11. The van der Waals surface area contributed by atoms with Gasteiger partial charge in [-0.3, -0.25) is 9.36 Å². The summed E-state index contributed by atoms with van der Waals surface area (Å²) in [6.07, 6.45) is 9.84. The van der Waals surface area contributed by atoms with Crippen LogP contribution in [0.1, 0.15) is 56.7 Å². The Morgan fingerprint density at radius 2 is 1.66 bits per heavy atom. The van der Waals surface area contributed by atoms with Crippen molar-refractivity contribution < 1.29 is 4.74 Å². The van der Waals surface area contributed by atoms with Crippen LogP contribution in [0, 0.1) is 0 Å². The van der Waals surface area contributed by atoms with Gasteiger partial charge < -0.3 is 4.74 Å². The Labute approximate surface area is 173 Å². The second kappa shape index (κ2) is 11.2. The van der Waals surface area contributed by atoms with Crippen LogP contribution in [0.4, 0.5) is 0 Å². The number of hydrogen-bond acceptors (Lipinski definition) is 3. The summed E-state index contributed by atoms with van der Waals surface area (Å²) in [6, 6.07) is 19.2. The largest absolute Gasteiger partial charge is 0.489 e. The van der Waals surface area contributed by atoms with E-state index in [1.165, 1.54) is 32.1 Å². The zero-order valence-corrected chi connectivity index (χ0v) is 17.2. The second-order valence-electron chi connectivity index (χ2n) is 7.34. The highest BCUT2D eigenvalue weighted by molar-refractivity contribution is 5.32. The molecule has 0 N–H and O–H groups in total. The third-order valence-corrected chi connectivity index (χ3v) is 5.00. The topological polar surface area (TPSA) is 44.1 Å². The molecule has 3 aromatic rings. The zero-order chi connectivity index (χ0) is 20.3. The SMILES string of the molecule is CCCCCCCCc1cc(OCc2ccccc2)cc(=O)n1-c1ccccn1. The molecule has 0 spiro atoms. The molecule has 0 saturated heterocycles. The lowest BCUT2D eigenvalue weighted by molar-refractivity contribution is 0.304. The quantitative estimate of drug-likeness (QED) is 0.394. The van der Waals surface area contributed by atoms with E-state index in [-0.39, 0.29) is 5.56 Å². The third-order valence-electron chi connectivity index (χ3n) is 5.00. The van der Waals surface area contributed by atoms with Crippen molar-refractivity contribution in [1.29, 1.82) is 0 Å². The van der Waals surface area contributed by atoms with Crippen molar-refractivity contribution in [3.05, 3.63) is 88.5 Å². The third kappa shape index (κ3) is 6.31. The number of rotatable bonds is 11. The minimum atomic E-state index is -0.102. The molecule has 4 nitrogen and oxygen atoms in total. The van der Waals surface area contributed by atoms with Crippen LogP contribution in [0.2, 0.25) is 0 Å². The molecular weight excluding hydrogens is 360 g/mol. The van der Waals surface area contributed by atoms with E-state index in [0.29, 0.717) is 18.2 Å². The molecule has 0 atom stereocenters. The minimum Gasteiger partial charge on any atom is -0.489 e. The molecule has 4 heteroatoms. The van der Waals surface area contributed by atoms with Crippen LogP contribution in [-0.2, 0) is 13.0 Å². The summed E-state index contributed by atoms with van der Waals surface area (Å²) < 4.78 is 7.64. The van der Waals surface area contributed by atoms with Crippen molar-refractivity contribution in [3.8, 4) is 11.6 Å². The summed E-state index contributed by atoms with van der Waals surface area (Å²) in [5.74, 6) is 1.28. The van der Waals surface area contributed by atoms with Gasteiger partial charge in [0.1, 0.15) is 18.2 Å². The molecule has 3 rings (SSSR count). The summed E-state index contributed by atoms with van der Waals surface area (Å²) in [7, 11) is 0. The number of unbranched alkanes of at least 4 members (excludes halogenated alkanes) is 5. The van der Waals surface area contributed by atoms with Crippen molar-refractivity contribution in [2.45, 2.75) is 58.5 Å².